The lowest BCUT2D eigenvalue weighted by molar-refractivity contribution is -0.137. The number of likely N-dealkylation sites (N-methyl/N-ethyl adjacent to an activating group) is 1. The molecule has 0 saturated carbocycles. The Morgan fingerprint density at radius 2 is 1.90 bits per heavy atom. The van der Waals surface area contributed by atoms with E-state index in [0.717, 1.165) is 11.5 Å². The number of carbonyl (C=O) groups is 2. The monoisotopic (exact) mass is 434 g/mol. The van der Waals surface area contributed by atoms with E-state index in [0.29, 0.717) is 16.9 Å². The van der Waals surface area contributed by atoms with Crippen molar-refractivity contribution in [2.45, 2.75) is 19.5 Å². The largest absolute Gasteiger partial charge is 0.497 e. The molecule has 0 spiro atoms. The minimum Gasteiger partial charge on any atom is -0.497 e. The number of furan rings is 1. The molecule has 1 aromatic heterocycles. The zero-order valence-electron chi connectivity index (χ0n) is 17.0. The van der Waals surface area contributed by atoms with Gasteiger partial charge in [-0.05, 0) is 31.2 Å². The fourth-order valence-electron chi connectivity index (χ4n) is 3.18. The van der Waals surface area contributed by atoms with E-state index in [2.05, 4.69) is 5.32 Å². The lowest BCUT2D eigenvalue weighted by atomic mass is 10.1. The van der Waals surface area contributed by atoms with E-state index in [1.807, 2.05) is 0 Å². The Hall–Kier alpha value is -3.49. The Bertz CT molecular complexity index is 1090. The molecule has 0 aliphatic rings. The number of nitrogens with one attached hydrogen (secondary N) is 1. The Balaban J connectivity index is 1.69. The second kappa shape index (κ2) is 9.11. The average Bonchev–Trinajstić information content (AvgIpc) is 3.13. The molecule has 6 nitrogen and oxygen atoms in total. The predicted octanol–water partition coefficient (Wildman–Crippen LogP) is 4.49. The highest BCUT2D eigenvalue weighted by Crippen LogP contribution is 2.34. The van der Waals surface area contributed by atoms with Gasteiger partial charge in [-0.1, -0.05) is 12.1 Å². The van der Waals surface area contributed by atoms with E-state index in [-0.39, 0.29) is 31.1 Å². The molecule has 0 fully saturated rings. The molecule has 2 amide bonds. The van der Waals surface area contributed by atoms with Gasteiger partial charge in [-0.25, -0.2) is 0 Å². The molecule has 0 aliphatic heterocycles. The normalized spacial score (nSPS) is 11.4. The van der Waals surface area contributed by atoms with E-state index in [1.54, 1.807) is 25.1 Å². The smallest absolute Gasteiger partial charge is 0.418 e. The van der Waals surface area contributed by atoms with Crippen molar-refractivity contribution in [2.75, 3.05) is 25.5 Å². The highest BCUT2D eigenvalue weighted by Gasteiger charge is 2.33. The van der Waals surface area contributed by atoms with Gasteiger partial charge in [0.05, 0.1) is 37.6 Å². The van der Waals surface area contributed by atoms with Gasteiger partial charge in [-0.15, -0.1) is 0 Å². The molecule has 9 heteroatoms. The summed E-state index contributed by atoms with van der Waals surface area (Å²) >= 11 is 0. The SMILES string of the molecule is CCN(CC(=O)Nc1ccccc1C(F)(F)F)C(=O)Cc1coc2cc(OC)ccc12. The molecule has 0 unspecified atom stereocenters. The first kappa shape index (κ1) is 22.2. The Morgan fingerprint density at radius 3 is 2.58 bits per heavy atom. The fourth-order valence-corrected chi connectivity index (χ4v) is 3.18. The topological polar surface area (TPSA) is 71.8 Å². The molecule has 1 N–H and O–H groups in total. The Labute approximate surface area is 176 Å². The van der Waals surface area contributed by atoms with Gasteiger partial charge in [0, 0.05) is 23.6 Å². The summed E-state index contributed by atoms with van der Waals surface area (Å²) in [6, 6.07) is 9.92. The molecular weight excluding hydrogens is 413 g/mol. The van der Waals surface area contributed by atoms with Gasteiger partial charge in [-0.3, -0.25) is 9.59 Å². The van der Waals surface area contributed by atoms with Gasteiger partial charge in [0.2, 0.25) is 11.8 Å². The molecule has 0 atom stereocenters. The summed E-state index contributed by atoms with van der Waals surface area (Å²) in [4.78, 5) is 26.3. The number of anilines is 1. The van der Waals surface area contributed by atoms with Crippen LogP contribution in [-0.4, -0.2) is 36.9 Å². The van der Waals surface area contributed by atoms with Crippen LogP contribution in [-0.2, 0) is 22.2 Å². The molecule has 2 aromatic carbocycles. The zero-order valence-corrected chi connectivity index (χ0v) is 17.0. The van der Waals surface area contributed by atoms with Crippen molar-refractivity contribution in [2.24, 2.45) is 0 Å². The van der Waals surface area contributed by atoms with Gasteiger partial charge in [-0.2, -0.15) is 13.2 Å². The van der Waals surface area contributed by atoms with Crippen LogP contribution < -0.4 is 10.1 Å². The van der Waals surface area contributed by atoms with Crippen LogP contribution >= 0.6 is 0 Å². The lowest BCUT2D eigenvalue weighted by Crippen LogP contribution is -2.38. The number of amides is 2. The van der Waals surface area contributed by atoms with Gasteiger partial charge in [0.1, 0.15) is 11.3 Å². The van der Waals surface area contributed by atoms with Crippen LogP contribution in [0.15, 0.2) is 53.1 Å². The van der Waals surface area contributed by atoms with Crippen molar-refractivity contribution in [1.29, 1.82) is 0 Å². The molecule has 31 heavy (non-hydrogen) atoms. The van der Waals surface area contributed by atoms with Gasteiger partial charge >= 0.3 is 6.18 Å². The third kappa shape index (κ3) is 5.17. The molecule has 0 bridgehead atoms. The zero-order chi connectivity index (χ0) is 22.6. The summed E-state index contributed by atoms with van der Waals surface area (Å²) < 4.78 is 49.9. The van der Waals surface area contributed by atoms with Crippen LogP contribution in [0, 0.1) is 0 Å². The molecule has 3 rings (SSSR count). The van der Waals surface area contributed by atoms with Crippen LogP contribution in [0.4, 0.5) is 18.9 Å². The quantitative estimate of drug-likeness (QED) is 0.595. The molecular formula is C22H21F3N2O4. The molecule has 164 valence electrons. The maximum absolute atomic E-state index is 13.1. The van der Waals surface area contributed by atoms with Gasteiger partial charge < -0.3 is 19.4 Å². The second-order valence-corrected chi connectivity index (χ2v) is 6.80. The van der Waals surface area contributed by atoms with Crippen molar-refractivity contribution >= 4 is 28.5 Å². The maximum Gasteiger partial charge on any atom is 0.418 e. The number of benzene rings is 2. The minimum absolute atomic E-state index is 0.0143. The summed E-state index contributed by atoms with van der Waals surface area (Å²) in [5.41, 5.74) is -0.0908. The molecule has 0 aliphatic carbocycles. The summed E-state index contributed by atoms with van der Waals surface area (Å²) in [6.07, 6.45) is -3.15. The Kier molecular flexibility index (Phi) is 6.53. The number of ether oxygens (including phenoxy) is 1. The second-order valence-electron chi connectivity index (χ2n) is 6.80. The summed E-state index contributed by atoms with van der Waals surface area (Å²) in [7, 11) is 1.53. The molecule has 0 radical (unpaired) electrons. The van der Waals surface area contributed by atoms with Gasteiger partial charge in [0.15, 0.2) is 0 Å². The van der Waals surface area contributed by atoms with Crippen molar-refractivity contribution in [3.63, 3.8) is 0 Å². The van der Waals surface area contributed by atoms with Crippen LogP contribution in [0.25, 0.3) is 11.0 Å². The number of nitrogens with zero attached hydrogens (tertiary/aromatic N) is 1. The third-order valence-corrected chi connectivity index (χ3v) is 4.78. The number of fused-ring (bicyclic) bond motifs is 1. The molecule has 3 aromatic rings. The number of hydrogen-bond acceptors (Lipinski definition) is 4. The number of halogens is 3. The number of carbonyl (C=O) groups excluding carboxylic acids is 2. The maximum atomic E-state index is 13.1. The third-order valence-electron chi connectivity index (χ3n) is 4.78. The molecule has 0 saturated heterocycles. The number of para-hydroxylation sites is 1. The lowest BCUT2D eigenvalue weighted by Gasteiger charge is -2.21. The van der Waals surface area contributed by atoms with E-state index in [1.165, 1.54) is 36.5 Å². The first-order chi connectivity index (χ1) is 14.7. The summed E-state index contributed by atoms with van der Waals surface area (Å²) in [5.74, 6) is -0.445. The van der Waals surface area contributed by atoms with E-state index < -0.39 is 17.6 Å². The van der Waals surface area contributed by atoms with Crippen LogP contribution in [0.2, 0.25) is 0 Å². The summed E-state index contributed by atoms with van der Waals surface area (Å²) in [6.45, 7) is 1.54. The predicted molar refractivity (Wildman–Crippen MR) is 109 cm³/mol. The van der Waals surface area contributed by atoms with Crippen molar-refractivity contribution in [3.8, 4) is 5.75 Å². The van der Waals surface area contributed by atoms with Crippen LogP contribution in [0.1, 0.15) is 18.1 Å². The van der Waals surface area contributed by atoms with Gasteiger partial charge in [0.25, 0.3) is 0 Å². The number of hydrogen-bond donors (Lipinski definition) is 1. The average molecular weight is 434 g/mol. The minimum atomic E-state index is -4.60. The Morgan fingerprint density at radius 1 is 1.16 bits per heavy atom. The van der Waals surface area contributed by atoms with Crippen molar-refractivity contribution < 1.29 is 31.9 Å². The van der Waals surface area contributed by atoms with E-state index in [4.69, 9.17) is 9.15 Å². The number of rotatable bonds is 7. The van der Waals surface area contributed by atoms with Crippen molar-refractivity contribution in [3.05, 3.63) is 59.9 Å². The van der Waals surface area contributed by atoms with E-state index in [9.17, 15) is 22.8 Å². The highest BCUT2D eigenvalue weighted by molar-refractivity contribution is 5.96. The standard InChI is InChI=1S/C22H21F3N2O4/c1-3-27(12-20(28)26-18-7-5-4-6-17(18)22(23,24)25)21(29)10-14-13-31-19-11-15(30-2)8-9-16(14)19/h4-9,11,13H,3,10,12H2,1-2H3,(H,26,28). The fraction of sp³-hybridized carbons (Fsp3) is 0.273. The van der Waals surface area contributed by atoms with Crippen LogP contribution in [0.3, 0.4) is 0 Å². The summed E-state index contributed by atoms with van der Waals surface area (Å²) in [5, 5.41) is 3.00. The number of alkyl halides is 3. The highest BCUT2D eigenvalue weighted by atomic mass is 19.4. The van der Waals surface area contributed by atoms with Crippen LogP contribution in [0.5, 0.6) is 5.75 Å². The van der Waals surface area contributed by atoms with Crippen molar-refractivity contribution in [1.82, 2.24) is 4.90 Å². The number of methoxy groups -OCH3 is 1. The van der Waals surface area contributed by atoms with E-state index >= 15 is 0 Å². The first-order valence-corrected chi connectivity index (χ1v) is 9.51. The molecule has 1 heterocycles. The first-order valence-electron chi connectivity index (χ1n) is 9.51.